The molecule has 8 nitrogen and oxygen atoms in total. The molecule has 18 heavy (non-hydrogen) atoms. The number of amides is 2. The van der Waals surface area contributed by atoms with E-state index in [1.807, 2.05) is 0 Å². The summed E-state index contributed by atoms with van der Waals surface area (Å²) >= 11 is 0. The lowest BCUT2D eigenvalue weighted by atomic mass is 10.1. The van der Waals surface area contributed by atoms with Gasteiger partial charge in [-0.2, -0.15) is 0 Å². The molecule has 8 heteroatoms. The van der Waals surface area contributed by atoms with E-state index in [-0.39, 0.29) is 6.61 Å². The zero-order valence-electron chi connectivity index (χ0n) is 9.89. The SMILES string of the molecule is CO[C@@H]1[C@H](O)[C@@H](CO)O[C@H]1N1C=C[C@H](N)NC1=O. The molecule has 0 unspecified atom stereocenters. The highest BCUT2D eigenvalue weighted by atomic mass is 16.6. The molecule has 0 spiro atoms. The van der Waals surface area contributed by atoms with E-state index in [9.17, 15) is 9.90 Å². The third-order valence-corrected chi connectivity index (χ3v) is 3.02. The average Bonchev–Trinajstić information content (AvgIpc) is 2.65. The van der Waals surface area contributed by atoms with E-state index < -0.39 is 36.7 Å². The Kier molecular flexibility index (Phi) is 3.83. The smallest absolute Gasteiger partial charge is 0.325 e. The number of hydrogen-bond donors (Lipinski definition) is 4. The van der Waals surface area contributed by atoms with Crippen molar-refractivity contribution in [2.75, 3.05) is 13.7 Å². The number of aliphatic hydroxyl groups is 2. The fourth-order valence-corrected chi connectivity index (χ4v) is 2.07. The molecular formula is C10H17N3O5. The maximum Gasteiger partial charge on any atom is 0.325 e. The highest BCUT2D eigenvalue weighted by Gasteiger charge is 2.47. The molecule has 5 N–H and O–H groups in total. The predicted molar refractivity (Wildman–Crippen MR) is 60.0 cm³/mol. The normalized spacial score (nSPS) is 40.1. The number of nitrogens with one attached hydrogen (secondary N) is 1. The molecular weight excluding hydrogens is 242 g/mol. The zero-order chi connectivity index (χ0) is 13.3. The summed E-state index contributed by atoms with van der Waals surface area (Å²) in [5.74, 6) is 0. The Balaban J connectivity index is 2.17. The molecule has 2 aliphatic rings. The first-order valence-electron chi connectivity index (χ1n) is 5.58. The fourth-order valence-electron chi connectivity index (χ4n) is 2.07. The summed E-state index contributed by atoms with van der Waals surface area (Å²) in [6.45, 7) is -0.351. The van der Waals surface area contributed by atoms with Gasteiger partial charge < -0.3 is 30.7 Å². The number of nitrogens with zero attached hydrogens (tertiary/aromatic N) is 1. The molecule has 0 aromatic carbocycles. The lowest BCUT2D eigenvalue weighted by Crippen LogP contribution is -2.55. The molecule has 0 radical (unpaired) electrons. The number of urea groups is 1. The van der Waals surface area contributed by atoms with Crippen molar-refractivity contribution in [1.82, 2.24) is 10.2 Å². The quantitative estimate of drug-likeness (QED) is 0.461. The molecule has 2 rings (SSSR count). The summed E-state index contributed by atoms with van der Waals surface area (Å²) in [6.07, 6.45) is -0.797. The highest BCUT2D eigenvalue weighted by molar-refractivity contribution is 5.77. The van der Waals surface area contributed by atoms with Gasteiger partial charge in [0.1, 0.15) is 18.3 Å². The number of methoxy groups -OCH3 is 1. The molecule has 0 aromatic heterocycles. The van der Waals surface area contributed by atoms with Crippen molar-refractivity contribution in [2.24, 2.45) is 5.73 Å². The van der Waals surface area contributed by atoms with Crippen molar-refractivity contribution in [2.45, 2.75) is 30.7 Å². The van der Waals surface area contributed by atoms with Crippen LogP contribution in [0.5, 0.6) is 0 Å². The maximum absolute atomic E-state index is 11.8. The Morgan fingerprint density at radius 1 is 1.67 bits per heavy atom. The summed E-state index contributed by atoms with van der Waals surface area (Å²) < 4.78 is 10.5. The second-order valence-electron chi connectivity index (χ2n) is 4.16. The van der Waals surface area contributed by atoms with Crippen LogP contribution in [-0.2, 0) is 9.47 Å². The van der Waals surface area contributed by atoms with E-state index in [0.29, 0.717) is 0 Å². The third-order valence-electron chi connectivity index (χ3n) is 3.02. The van der Waals surface area contributed by atoms with Crippen molar-refractivity contribution >= 4 is 6.03 Å². The summed E-state index contributed by atoms with van der Waals surface area (Å²) in [5.41, 5.74) is 5.53. The van der Waals surface area contributed by atoms with Gasteiger partial charge in [0.25, 0.3) is 0 Å². The molecule has 0 aromatic rings. The predicted octanol–water partition coefficient (Wildman–Crippen LogP) is -2.10. The van der Waals surface area contributed by atoms with E-state index in [1.54, 1.807) is 6.08 Å². The van der Waals surface area contributed by atoms with E-state index in [0.717, 1.165) is 0 Å². The Morgan fingerprint density at radius 3 is 2.94 bits per heavy atom. The largest absolute Gasteiger partial charge is 0.394 e. The van der Waals surface area contributed by atoms with Gasteiger partial charge in [-0.3, -0.25) is 4.90 Å². The van der Waals surface area contributed by atoms with E-state index in [2.05, 4.69) is 5.32 Å². The van der Waals surface area contributed by atoms with Crippen LogP contribution in [0.4, 0.5) is 4.79 Å². The Bertz CT molecular complexity index is 350. The monoisotopic (exact) mass is 259 g/mol. The van der Waals surface area contributed by atoms with Gasteiger partial charge in [0.2, 0.25) is 0 Å². The molecule has 1 fully saturated rings. The van der Waals surface area contributed by atoms with Crippen LogP contribution in [0.2, 0.25) is 0 Å². The van der Waals surface area contributed by atoms with Gasteiger partial charge in [0.05, 0.1) is 12.8 Å². The van der Waals surface area contributed by atoms with Crippen LogP contribution < -0.4 is 11.1 Å². The first-order chi connectivity index (χ1) is 8.58. The number of aliphatic hydroxyl groups excluding tert-OH is 2. The number of carbonyl (C=O) groups is 1. The number of hydrogen-bond acceptors (Lipinski definition) is 6. The number of ether oxygens (including phenoxy) is 2. The number of rotatable bonds is 3. The van der Waals surface area contributed by atoms with Gasteiger partial charge in [0.15, 0.2) is 6.23 Å². The van der Waals surface area contributed by atoms with Crippen molar-refractivity contribution in [3.05, 3.63) is 12.3 Å². The molecule has 1 saturated heterocycles. The first-order valence-corrected chi connectivity index (χ1v) is 5.58. The number of carbonyl (C=O) groups excluding carboxylic acids is 1. The van der Waals surface area contributed by atoms with E-state index in [1.165, 1.54) is 18.2 Å². The summed E-state index contributed by atoms with van der Waals surface area (Å²) in [6, 6.07) is -0.442. The van der Waals surface area contributed by atoms with Crippen LogP contribution in [0.3, 0.4) is 0 Å². The van der Waals surface area contributed by atoms with Crippen LogP contribution >= 0.6 is 0 Å². The van der Waals surface area contributed by atoms with Gasteiger partial charge in [0, 0.05) is 13.3 Å². The molecule has 0 saturated carbocycles. The summed E-state index contributed by atoms with van der Waals surface area (Å²) in [7, 11) is 1.40. The van der Waals surface area contributed by atoms with Gasteiger partial charge in [-0.1, -0.05) is 0 Å². The summed E-state index contributed by atoms with van der Waals surface area (Å²) in [4.78, 5) is 13.0. The molecule has 2 heterocycles. The topological polar surface area (TPSA) is 117 Å². The second kappa shape index (κ2) is 5.21. The lowest BCUT2D eigenvalue weighted by molar-refractivity contribution is -0.0735. The molecule has 2 amide bonds. The van der Waals surface area contributed by atoms with Crippen molar-refractivity contribution in [3.63, 3.8) is 0 Å². The highest BCUT2D eigenvalue weighted by Crippen LogP contribution is 2.27. The summed E-state index contributed by atoms with van der Waals surface area (Å²) in [5, 5.41) is 21.4. The minimum absolute atomic E-state index is 0.351. The standard InChI is InChI=1S/C10H17N3O5/c1-17-8-7(15)5(4-14)18-9(8)13-3-2-6(11)12-10(13)16/h2-3,5-9,14-15H,4,11H2,1H3,(H,12,16)/t5-,6-,7-,8-,9-/m1/s1. The molecule has 5 atom stereocenters. The van der Waals surface area contributed by atoms with E-state index in [4.69, 9.17) is 20.3 Å². The van der Waals surface area contributed by atoms with Crippen molar-refractivity contribution < 1.29 is 24.5 Å². The number of nitrogens with two attached hydrogens (primary N) is 1. The molecule has 0 aliphatic carbocycles. The van der Waals surface area contributed by atoms with Crippen LogP contribution in [0.25, 0.3) is 0 Å². The van der Waals surface area contributed by atoms with E-state index >= 15 is 0 Å². The third kappa shape index (κ3) is 2.20. The lowest BCUT2D eigenvalue weighted by Gasteiger charge is -2.32. The average molecular weight is 259 g/mol. The Labute approximate surface area is 104 Å². The van der Waals surface area contributed by atoms with Gasteiger partial charge in [-0.05, 0) is 6.08 Å². The van der Waals surface area contributed by atoms with Gasteiger partial charge >= 0.3 is 6.03 Å². The Morgan fingerprint density at radius 2 is 2.39 bits per heavy atom. The van der Waals surface area contributed by atoms with Gasteiger partial charge in [-0.25, -0.2) is 4.79 Å². The van der Waals surface area contributed by atoms with Crippen LogP contribution in [-0.4, -0.2) is 65.6 Å². The van der Waals surface area contributed by atoms with Crippen molar-refractivity contribution in [3.8, 4) is 0 Å². The maximum atomic E-state index is 11.8. The zero-order valence-corrected chi connectivity index (χ0v) is 9.89. The first kappa shape index (κ1) is 13.2. The van der Waals surface area contributed by atoms with Crippen LogP contribution in [0.15, 0.2) is 12.3 Å². The van der Waals surface area contributed by atoms with Gasteiger partial charge in [-0.15, -0.1) is 0 Å². The minimum Gasteiger partial charge on any atom is -0.394 e. The second-order valence-corrected chi connectivity index (χ2v) is 4.16. The van der Waals surface area contributed by atoms with Crippen LogP contribution in [0.1, 0.15) is 0 Å². The van der Waals surface area contributed by atoms with Crippen LogP contribution in [0, 0.1) is 0 Å². The fraction of sp³-hybridized carbons (Fsp3) is 0.700. The molecule has 2 aliphatic heterocycles. The van der Waals surface area contributed by atoms with Crippen molar-refractivity contribution in [1.29, 1.82) is 0 Å². The minimum atomic E-state index is -0.998. The molecule has 0 bridgehead atoms. The Hall–Kier alpha value is -1.19. The molecule has 102 valence electrons.